The fourth-order valence-electron chi connectivity index (χ4n) is 1.12. The second-order valence-electron chi connectivity index (χ2n) is 2.79. The van der Waals surface area contributed by atoms with E-state index in [4.69, 9.17) is 0 Å². The van der Waals surface area contributed by atoms with Crippen LogP contribution in [0.5, 0.6) is 0 Å². The largest absolute Gasteiger partial charge is 0.309 e. The van der Waals surface area contributed by atoms with Crippen LogP contribution in [0.3, 0.4) is 0 Å². The van der Waals surface area contributed by atoms with E-state index in [1.54, 1.807) is 31.0 Å². The molecule has 3 aromatic heterocycles. The molecule has 4 heteroatoms. The molecule has 0 saturated heterocycles. The van der Waals surface area contributed by atoms with Gasteiger partial charge in [0.15, 0.2) is 0 Å². The highest BCUT2D eigenvalue weighted by atomic mass is 14.9. The molecule has 0 bridgehead atoms. The van der Waals surface area contributed by atoms with Crippen LogP contribution in [0.25, 0.3) is 5.65 Å². The predicted octanol–water partition coefficient (Wildman–Crippen LogP) is 1.81. The van der Waals surface area contributed by atoms with Crippen LogP contribution in [0.15, 0.2) is 61.6 Å². The minimum atomic E-state index is 0.998. The van der Waals surface area contributed by atoms with Crippen molar-refractivity contribution in [1.82, 2.24) is 19.4 Å². The van der Waals surface area contributed by atoms with Crippen LogP contribution < -0.4 is 0 Å². The summed E-state index contributed by atoms with van der Waals surface area (Å²) in [6.07, 6.45) is 12.3. The summed E-state index contributed by atoms with van der Waals surface area (Å²) in [7, 11) is 0. The van der Waals surface area contributed by atoms with Gasteiger partial charge in [-0.15, -0.1) is 0 Å². The minimum Gasteiger partial charge on any atom is -0.309 e. The van der Waals surface area contributed by atoms with E-state index in [2.05, 4.69) is 15.0 Å². The first-order valence-electron chi connectivity index (χ1n) is 4.54. The Morgan fingerprint density at radius 2 is 1.47 bits per heavy atom. The Hall–Kier alpha value is -2.23. The summed E-state index contributed by atoms with van der Waals surface area (Å²) >= 11 is 0. The zero-order valence-electron chi connectivity index (χ0n) is 8.06. The molecule has 0 N–H and O–H groups in total. The summed E-state index contributed by atoms with van der Waals surface area (Å²) < 4.78 is 1.97. The van der Waals surface area contributed by atoms with E-state index < -0.39 is 0 Å². The van der Waals surface area contributed by atoms with Gasteiger partial charge in [0.2, 0.25) is 0 Å². The van der Waals surface area contributed by atoms with Crippen molar-refractivity contribution in [1.29, 1.82) is 0 Å². The summed E-state index contributed by atoms with van der Waals surface area (Å²) in [5.41, 5.74) is 0.998. The molecule has 0 atom stereocenters. The molecule has 0 unspecified atom stereocenters. The highest BCUT2D eigenvalue weighted by Crippen LogP contribution is 1.96. The molecule has 3 aromatic rings. The van der Waals surface area contributed by atoms with Crippen molar-refractivity contribution in [2.45, 2.75) is 0 Å². The zero-order valence-corrected chi connectivity index (χ0v) is 8.06. The number of nitrogens with zero attached hydrogens (tertiary/aromatic N) is 4. The van der Waals surface area contributed by atoms with Gasteiger partial charge in [0.25, 0.3) is 0 Å². The number of rotatable bonds is 0. The van der Waals surface area contributed by atoms with Gasteiger partial charge in [-0.2, -0.15) is 0 Å². The van der Waals surface area contributed by atoms with Crippen LogP contribution in [0.4, 0.5) is 0 Å². The molecule has 0 aliphatic heterocycles. The van der Waals surface area contributed by atoms with E-state index in [1.165, 1.54) is 0 Å². The van der Waals surface area contributed by atoms with Crippen molar-refractivity contribution < 1.29 is 0 Å². The third-order valence-electron chi connectivity index (χ3n) is 1.77. The minimum absolute atomic E-state index is 0.998. The maximum absolute atomic E-state index is 4.10. The third kappa shape index (κ3) is 2.60. The number of fused-ring (bicyclic) bond motifs is 1. The van der Waals surface area contributed by atoms with E-state index >= 15 is 0 Å². The molecule has 0 saturated carbocycles. The quantitative estimate of drug-likeness (QED) is 0.553. The lowest BCUT2D eigenvalue weighted by Gasteiger charge is -1.87. The van der Waals surface area contributed by atoms with E-state index in [0.29, 0.717) is 0 Å². The molecule has 0 aliphatic rings. The SMILES string of the molecule is c1cnc2cccn2c1.c1cnccn1. The summed E-state index contributed by atoms with van der Waals surface area (Å²) in [4.78, 5) is 11.5. The second kappa shape index (κ2) is 4.85. The van der Waals surface area contributed by atoms with E-state index in [-0.39, 0.29) is 0 Å². The summed E-state index contributed by atoms with van der Waals surface area (Å²) in [5.74, 6) is 0. The molecular formula is C11H10N4. The Morgan fingerprint density at radius 1 is 0.800 bits per heavy atom. The Kier molecular flexibility index (Phi) is 3.02. The fraction of sp³-hybridized carbons (Fsp3) is 0. The molecule has 4 nitrogen and oxygen atoms in total. The first kappa shape index (κ1) is 9.33. The van der Waals surface area contributed by atoms with Crippen molar-refractivity contribution in [2.24, 2.45) is 0 Å². The summed E-state index contributed by atoms with van der Waals surface area (Å²) in [5, 5.41) is 0. The lowest BCUT2D eigenvalue weighted by Crippen LogP contribution is -1.80. The molecule has 0 fully saturated rings. The van der Waals surface area contributed by atoms with Crippen LogP contribution in [-0.2, 0) is 0 Å². The molecule has 0 aliphatic carbocycles. The molecule has 0 aromatic carbocycles. The molecular weight excluding hydrogens is 188 g/mol. The second-order valence-corrected chi connectivity index (χ2v) is 2.79. The highest BCUT2D eigenvalue weighted by Gasteiger charge is 1.85. The van der Waals surface area contributed by atoms with Crippen molar-refractivity contribution in [3.63, 3.8) is 0 Å². The lowest BCUT2D eigenvalue weighted by atomic mass is 10.6. The predicted molar refractivity (Wildman–Crippen MR) is 57.2 cm³/mol. The van der Waals surface area contributed by atoms with Gasteiger partial charge in [-0.3, -0.25) is 9.97 Å². The first-order valence-corrected chi connectivity index (χ1v) is 4.54. The van der Waals surface area contributed by atoms with Gasteiger partial charge in [0.1, 0.15) is 5.65 Å². The van der Waals surface area contributed by atoms with Crippen LogP contribution in [0, 0.1) is 0 Å². The molecule has 74 valence electrons. The molecule has 3 rings (SSSR count). The molecule has 0 spiro atoms. The van der Waals surface area contributed by atoms with Crippen LogP contribution >= 0.6 is 0 Å². The average Bonchev–Trinajstić information content (AvgIpc) is 2.80. The first-order chi connectivity index (χ1) is 7.47. The molecule has 0 radical (unpaired) electrons. The maximum atomic E-state index is 4.10. The molecule has 3 heterocycles. The monoisotopic (exact) mass is 198 g/mol. The van der Waals surface area contributed by atoms with Gasteiger partial charge < -0.3 is 4.40 Å². The fourth-order valence-corrected chi connectivity index (χ4v) is 1.12. The maximum Gasteiger partial charge on any atom is 0.136 e. The van der Waals surface area contributed by atoms with Gasteiger partial charge in [0, 0.05) is 43.4 Å². The Balaban J connectivity index is 0.000000124. The van der Waals surface area contributed by atoms with Crippen molar-refractivity contribution >= 4 is 5.65 Å². The molecule has 0 amide bonds. The zero-order chi connectivity index (χ0) is 10.3. The Labute approximate surface area is 87.3 Å². The third-order valence-corrected chi connectivity index (χ3v) is 1.77. The van der Waals surface area contributed by atoms with Crippen molar-refractivity contribution in [3.8, 4) is 0 Å². The van der Waals surface area contributed by atoms with E-state index in [1.807, 2.05) is 35.0 Å². The van der Waals surface area contributed by atoms with E-state index in [9.17, 15) is 0 Å². The van der Waals surface area contributed by atoms with Crippen LogP contribution in [0.2, 0.25) is 0 Å². The standard InChI is InChI=1S/C7H6N2.C4H4N2/c1-3-7-8-4-2-6-9(7)5-1;1-2-6-4-3-5-1/h1-6H;1-4H. The highest BCUT2D eigenvalue weighted by molar-refractivity contribution is 5.37. The Bertz CT molecular complexity index is 447. The number of hydrogen-bond acceptors (Lipinski definition) is 3. The van der Waals surface area contributed by atoms with Crippen molar-refractivity contribution in [2.75, 3.05) is 0 Å². The Morgan fingerprint density at radius 3 is 2.07 bits per heavy atom. The van der Waals surface area contributed by atoms with Crippen LogP contribution in [-0.4, -0.2) is 19.4 Å². The van der Waals surface area contributed by atoms with Crippen LogP contribution in [0.1, 0.15) is 0 Å². The normalized spacial score (nSPS) is 9.33. The topological polar surface area (TPSA) is 43.1 Å². The summed E-state index contributed by atoms with van der Waals surface area (Å²) in [6.45, 7) is 0. The van der Waals surface area contributed by atoms with Gasteiger partial charge in [0.05, 0.1) is 0 Å². The van der Waals surface area contributed by atoms with E-state index in [0.717, 1.165) is 5.65 Å². The summed E-state index contributed by atoms with van der Waals surface area (Å²) in [6, 6.07) is 5.86. The number of aromatic nitrogens is 4. The van der Waals surface area contributed by atoms with Crippen molar-refractivity contribution in [3.05, 3.63) is 61.6 Å². The smallest absolute Gasteiger partial charge is 0.136 e. The lowest BCUT2D eigenvalue weighted by molar-refractivity contribution is 1.13. The van der Waals surface area contributed by atoms with Gasteiger partial charge >= 0.3 is 0 Å². The average molecular weight is 198 g/mol. The van der Waals surface area contributed by atoms with Gasteiger partial charge in [-0.1, -0.05) is 0 Å². The molecule has 15 heavy (non-hydrogen) atoms. The van der Waals surface area contributed by atoms with Gasteiger partial charge in [-0.05, 0) is 18.2 Å². The van der Waals surface area contributed by atoms with Gasteiger partial charge in [-0.25, -0.2) is 4.98 Å². The number of hydrogen-bond donors (Lipinski definition) is 0.